The first-order valence-electron chi connectivity index (χ1n) is 20.2. The van der Waals surface area contributed by atoms with Crippen LogP contribution in [0.2, 0.25) is 0 Å². The van der Waals surface area contributed by atoms with E-state index in [1.807, 2.05) is 72.8 Å². The molecule has 0 unspecified atom stereocenters. The normalized spacial score (nSPS) is 12.9. The highest BCUT2D eigenvalue weighted by atomic mass is 31.2. The van der Waals surface area contributed by atoms with Gasteiger partial charge in [0.2, 0.25) is 0 Å². The Bertz CT molecular complexity index is 3130. The van der Waals surface area contributed by atoms with Crippen molar-refractivity contribution in [2.75, 3.05) is 0 Å². The standard InChI is InChI=1S/C56H38NOP/c58-59(44-24-9-3-10-25-44,45-26-11-4-12-27-45)46-34-32-39(33-35-46)40-18-17-19-41(38-40)55-49-36-37-51-54(53(49)48-29-14-16-31-52(48)57-55)47-28-13-15-30-50(47)56(51,42-20-5-1-6-21-42)43-22-7-2-8-23-43/h1-38H. The fourth-order valence-electron chi connectivity index (χ4n) is 9.63. The van der Waals surface area contributed by atoms with Crippen molar-refractivity contribution in [3.8, 4) is 33.5 Å². The first kappa shape index (κ1) is 35.1. The van der Waals surface area contributed by atoms with Crippen molar-refractivity contribution in [1.82, 2.24) is 4.98 Å². The molecule has 0 saturated carbocycles. The highest BCUT2D eigenvalue weighted by Crippen LogP contribution is 2.58. The van der Waals surface area contributed by atoms with Crippen LogP contribution in [0.4, 0.5) is 0 Å². The third kappa shape index (κ3) is 5.41. The van der Waals surface area contributed by atoms with Crippen LogP contribution in [0.15, 0.2) is 231 Å². The molecule has 0 bridgehead atoms. The minimum atomic E-state index is -3.09. The van der Waals surface area contributed by atoms with E-state index in [0.29, 0.717) is 0 Å². The summed E-state index contributed by atoms with van der Waals surface area (Å²) in [6, 6.07) is 80.8. The molecule has 278 valence electrons. The summed E-state index contributed by atoms with van der Waals surface area (Å²) in [7, 11) is -3.09. The molecule has 0 amide bonds. The maximum atomic E-state index is 15.1. The molecule has 0 saturated heterocycles. The van der Waals surface area contributed by atoms with E-state index in [2.05, 4.69) is 158 Å². The monoisotopic (exact) mass is 771 g/mol. The zero-order valence-corrected chi connectivity index (χ0v) is 33.1. The molecule has 0 aliphatic heterocycles. The third-order valence-corrected chi connectivity index (χ3v) is 15.3. The van der Waals surface area contributed by atoms with Gasteiger partial charge in [-0.2, -0.15) is 0 Å². The van der Waals surface area contributed by atoms with E-state index in [9.17, 15) is 0 Å². The number of hydrogen-bond donors (Lipinski definition) is 0. The van der Waals surface area contributed by atoms with Gasteiger partial charge >= 0.3 is 0 Å². The van der Waals surface area contributed by atoms with Gasteiger partial charge in [0.1, 0.15) is 0 Å². The molecule has 1 aliphatic carbocycles. The van der Waals surface area contributed by atoms with Gasteiger partial charge in [-0.1, -0.05) is 218 Å². The van der Waals surface area contributed by atoms with Gasteiger partial charge in [-0.15, -0.1) is 0 Å². The molecule has 0 N–H and O–H groups in total. The molecular weight excluding hydrogens is 734 g/mol. The zero-order chi connectivity index (χ0) is 39.4. The lowest BCUT2D eigenvalue weighted by atomic mass is 9.67. The van der Waals surface area contributed by atoms with Crippen LogP contribution < -0.4 is 15.9 Å². The van der Waals surface area contributed by atoms with Crippen molar-refractivity contribution in [3.05, 3.63) is 253 Å². The molecule has 0 fully saturated rings. The van der Waals surface area contributed by atoms with E-state index in [1.165, 1.54) is 38.8 Å². The van der Waals surface area contributed by atoms with E-state index in [1.54, 1.807) is 0 Å². The second-order valence-corrected chi connectivity index (χ2v) is 18.1. The number of para-hydroxylation sites is 1. The third-order valence-electron chi connectivity index (χ3n) is 12.2. The molecule has 1 heterocycles. The van der Waals surface area contributed by atoms with Gasteiger partial charge in [-0.3, -0.25) is 0 Å². The largest absolute Gasteiger partial charge is 0.309 e. The van der Waals surface area contributed by atoms with Crippen LogP contribution >= 0.6 is 7.14 Å². The van der Waals surface area contributed by atoms with Crippen LogP contribution in [-0.4, -0.2) is 4.98 Å². The molecule has 0 radical (unpaired) electrons. The van der Waals surface area contributed by atoms with Crippen molar-refractivity contribution in [2.24, 2.45) is 0 Å². The zero-order valence-electron chi connectivity index (χ0n) is 32.2. The lowest BCUT2D eigenvalue weighted by Gasteiger charge is -2.34. The fourth-order valence-corrected chi connectivity index (χ4v) is 12.3. The Hall–Kier alpha value is -7.12. The molecule has 1 aromatic heterocycles. The van der Waals surface area contributed by atoms with Crippen molar-refractivity contribution in [1.29, 1.82) is 0 Å². The van der Waals surface area contributed by atoms with Crippen LogP contribution in [0.1, 0.15) is 22.3 Å². The predicted molar refractivity (Wildman–Crippen MR) is 247 cm³/mol. The molecule has 59 heavy (non-hydrogen) atoms. The Kier molecular flexibility index (Phi) is 8.36. The summed E-state index contributed by atoms with van der Waals surface area (Å²) in [5, 5.41) is 5.95. The molecular formula is C56H38NOP. The summed E-state index contributed by atoms with van der Waals surface area (Å²) < 4.78 is 15.1. The predicted octanol–water partition coefficient (Wildman–Crippen LogP) is 12.7. The van der Waals surface area contributed by atoms with Gasteiger partial charge in [0.15, 0.2) is 7.14 Å². The van der Waals surface area contributed by atoms with Crippen LogP contribution in [0, 0.1) is 0 Å². The number of hydrogen-bond acceptors (Lipinski definition) is 2. The summed E-state index contributed by atoms with van der Waals surface area (Å²) in [6.07, 6.45) is 0. The maximum absolute atomic E-state index is 15.1. The van der Waals surface area contributed by atoms with E-state index in [-0.39, 0.29) is 0 Å². The Morgan fingerprint density at radius 1 is 0.390 bits per heavy atom. The number of benzene rings is 9. The summed E-state index contributed by atoms with van der Waals surface area (Å²) >= 11 is 0. The Balaban J connectivity index is 1.10. The van der Waals surface area contributed by atoms with Gasteiger partial charge < -0.3 is 4.57 Å². The maximum Gasteiger partial charge on any atom is 0.171 e. The van der Waals surface area contributed by atoms with Crippen LogP contribution in [0.3, 0.4) is 0 Å². The molecule has 1 aliphatic rings. The van der Waals surface area contributed by atoms with Crippen molar-refractivity contribution in [2.45, 2.75) is 5.41 Å². The summed E-state index contributed by atoms with van der Waals surface area (Å²) in [6.45, 7) is 0. The van der Waals surface area contributed by atoms with Crippen molar-refractivity contribution < 1.29 is 4.57 Å². The summed E-state index contributed by atoms with van der Waals surface area (Å²) in [5.74, 6) is 0. The highest BCUT2D eigenvalue weighted by Gasteiger charge is 2.46. The first-order chi connectivity index (χ1) is 29.2. The van der Waals surface area contributed by atoms with E-state index >= 15 is 4.57 Å². The van der Waals surface area contributed by atoms with Crippen LogP contribution in [0.5, 0.6) is 0 Å². The Morgan fingerprint density at radius 2 is 0.932 bits per heavy atom. The molecule has 0 atom stereocenters. The average molecular weight is 772 g/mol. The van der Waals surface area contributed by atoms with Gasteiger partial charge in [-0.25, -0.2) is 4.98 Å². The lowest BCUT2D eigenvalue weighted by molar-refractivity contribution is 0.592. The second-order valence-electron chi connectivity index (χ2n) is 15.3. The SMILES string of the molecule is O=P(c1ccccc1)(c1ccccc1)c1ccc(-c2cccc(-c3nc4ccccc4c4c5c(ccc34)C(c3ccccc3)(c3ccccc3)c3ccccc3-5)c2)cc1. The quantitative estimate of drug-likeness (QED) is 0.119. The Morgan fingerprint density at radius 3 is 1.59 bits per heavy atom. The molecule has 9 aromatic carbocycles. The van der Waals surface area contributed by atoms with E-state index in [4.69, 9.17) is 4.98 Å². The topological polar surface area (TPSA) is 30.0 Å². The smallest absolute Gasteiger partial charge is 0.171 e. The highest BCUT2D eigenvalue weighted by molar-refractivity contribution is 7.85. The minimum Gasteiger partial charge on any atom is -0.309 e. The fraction of sp³-hybridized carbons (Fsp3) is 0.0179. The lowest BCUT2D eigenvalue weighted by Crippen LogP contribution is -2.28. The van der Waals surface area contributed by atoms with E-state index < -0.39 is 12.6 Å². The number of rotatable bonds is 7. The van der Waals surface area contributed by atoms with Gasteiger partial charge in [0, 0.05) is 37.6 Å². The van der Waals surface area contributed by atoms with Crippen LogP contribution in [0.25, 0.3) is 55.2 Å². The van der Waals surface area contributed by atoms with Crippen molar-refractivity contribution >= 4 is 44.7 Å². The molecule has 0 spiro atoms. The molecule has 11 rings (SSSR count). The average Bonchev–Trinajstić information content (AvgIpc) is 3.63. The van der Waals surface area contributed by atoms with Crippen molar-refractivity contribution in [3.63, 3.8) is 0 Å². The van der Waals surface area contributed by atoms with Crippen LogP contribution in [-0.2, 0) is 9.98 Å². The first-order valence-corrected chi connectivity index (χ1v) is 21.9. The summed E-state index contributed by atoms with van der Waals surface area (Å²) in [5.41, 5.74) is 12.2. The Labute approximate surface area is 344 Å². The number of pyridine rings is 1. The number of nitrogens with zero attached hydrogens (tertiary/aromatic N) is 1. The van der Waals surface area contributed by atoms with Gasteiger partial charge in [-0.05, 0) is 56.6 Å². The van der Waals surface area contributed by atoms with E-state index in [0.717, 1.165) is 54.6 Å². The number of aromatic nitrogens is 1. The van der Waals surface area contributed by atoms with Gasteiger partial charge in [0.05, 0.1) is 16.6 Å². The van der Waals surface area contributed by atoms with Gasteiger partial charge in [0.25, 0.3) is 0 Å². The summed E-state index contributed by atoms with van der Waals surface area (Å²) in [4.78, 5) is 5.42. The second kappa shape index (κ2) is 14.1. The number of fused-ring (bicyclic) bond motifs is 7. The molecule has 2 nitrogen and oxygen atoms in total. The molecule has 10 aromatic rings. The minimum absolute atomic E-state index is 0.496. The molecule has 3 heteroatoms.